The van der Waals surface area contributed by atoms with Crippen LogP contribution in [0.4, 0.5) is 28.4 Å². The number of nitrogens with zero attached hydrogens (tertiary/aromatic N) is 2. The summed E-state index contributed by atoms with van der Waals surface area (Å²) in [6, 6.07) is 0.393. The number of methoxy groups -OCH3 is 2. The molecule has 1 aromatic heterocycles. The van der Waals surface area contributed by atoms with Gasteiger partial charge in [-0.3, -0.25) is 0 Å². The quantitative estimate of drug-likeness (QED) is 0.322. The van der Waals surface area contributed by atoms with Gasteiger partial charge >= 0.3 is 24.3 Å². The maximum absolute atomic E-state index is 13.2. The molecule has 0 saturated carbocycles. The summed E-state index contributed by atoms with van der Waals surface area (Å²) in [5.41, 5.74) is -3.96. The predicted molar refractivity (Wildman–Crippen MR) is 101 cm³/mol. The van der Waals surface area contributed by atoms with Crippen LogP contribution in [-0.4, -0.2) is 43.0 Å². The lowest BCUT2D eigenvalue weighted by atomic mass is 10.2. The molecular weight excluding hydrogens is 465 g/mol. The average molecular weight is 487 g/mol. The van der Waals surface area contributed by atoms with Gasteiger partial charge in [-0.2, -0.15) is 18.1 Å². The SMILES string of the molecule is CC.COC(=O)c1nc(Br)c(C(F)(F)F)cc1N(C(=O)OC)C(=O)OC(C)(C)C. The van der Waals surface area contributed by atoms with Gasteiger partial charge in [-0.1, -0.05) is 13.8 Å². The van der Waals surface area contributed by atoms with Crippen molar-refractivity contribution in [1.82, 2.24) is 4.98 Å². The topological polar surface area (TPSA) is 95.0 Å². The molecule has 2 amide bonds. The Bertz CT molecular complexity index is 763. The Hall–Kier alpha value is -2.37. The third kappa shape index (κ3) is 7.18. The summed E-state index contributed by atoms with van der Waals surface area (Å²) in [6.07, 6.45) is -7.64. The second-order valence-electron chi connectivity index (χ2n) is 5.97. The van der Waals surface area contributed by atoms with Gasteiger partial charge in [0.25, 0.3) is 0 Å². The lowest BCUT2D eigenvalue weighted by molar-refractivity contribution is -0.138. The Morgan fingerprint density at radius 1 is 1.03 bits per heavy atom. The monoisotopic (exact) mass is 486 g/mol. The molecule has 0 aliphatic heterocycles. The second kappa shape index (κ2) is 10.4. The number of esters is 1. The van der Waals surface area contributed by atoms with Crippen LogP contribution in [0.2, 0.25) is 0 Å². The maximum atomic E-state index is 13.2. The molecule has 0 N–H and O–H groups in total. The smallest absolute Gasteiger partial charge is 0.424 e. The highest BCUT2D eigenvalue weighted by molar-refractivity contribution is 9.10. The average Bonchev–Trinajstić information content (AvgIpc) is 2.61. The lowest BCUT2D eigenvalue weighted by Crippen LogP contribution is -2.42. The third-order valence-corrected chi connectivity index (χ3v) is 3.42. The molecule has 0 atom stereocenters. The van der Waals surface area contributed by atoms with Crippen molar-refractivity contribution in [2.24, 2.45) is 0 Å². The van der Waals surface area contributed by atoms with Crippen LogP contribution in [-0.2, 0) is 20.4 Å². The van der Waals surface area contributed by atoms with Gasteiger partial charge in [0.05, 0.1) is 25.5 Å². The zero-order valence-electron chi connectivity index (χ0n) is 16.9. The Labute approximate surface area is 174 Å². The van der Waals surface area contributed by atoms with E-state index in [-0.39, 0.29) is 4.90 Å². The van der Waals surface area contributed by atoms with Gasteiger partial charge in [-0.25, -0.2) is 19.4 Å². The van der Waals surface area contributed by atoms with Crippen molar-refractivity contribution in [1.29, 1.82) is 0 Å². The highest BCUT2D eigenvalue weighted by atomic mass is 79.9. The fourth-order valence-electron chi connectivity index (χ4n) is 1.77. The Balaban J connectivity index is 0.00000379. The van der Waals surface area contributed by atoms with Gasteiger partial charge in [0.2, 0.25) is 0 Å². The Morgan fingerprint density at radius 2 is 1.55 bits per heavy atom. The van der Waals surface area contributed by atoms with E-state index in [1.165, 1.54) is 20.8 Å². The molecule has 1 heterocycles. The van der Waals surface area contributed by atoms with E-state index in [0.717, 1.165) is 14.2 Å². The van der Waals surface area contributed by atoms with Crippen molar-refractivity contribution in [3.05, 3.63) is 21.9 Å². The molecule has 29 heavy (non-hydrogen) atoms. The highest BCUT2D eigenvalue weighted by Gasteiger charge is 2.39. The summed E-state index contributed by atoms with van der Waals surface area (Å²) < 4.78 is 52.9. The van der Waals surface area contributed by atoms with E-state index in [4.69, 9.17) is 4.74 Å². The van der Waals surface area contributed by atoms with E-state index in [2.05, 4.69) is 30.4 Å². The fraction of sp³-hybridized carbons (Fsp3) is 0.529. The van der Waals surface area contributed by atoms with Crippen molar-refractivity contribution in [2.75, 3.05) is 19.1 Å². The first kappa shape index (κ1) is 26.6. The predicted octanol–water partition coefficient (Wildman–Crippen LogP) is 5.18. The molecule has 12 heteroatoms. The summed E-state index contributed by atoms with van der Waals surface area (Å²) in [6.45, 7) is 8.42. The number of hydrogen-bond donors (Lipinski definition) is 0. The van der Waals surface area contributed by atoms with E-state index in [9.17, 15) is 27.6 Å². The summed E-state index contributed by atoms with van der Waals surface area (Å²) in [5, 5.41) is 0. The molecule has 0 fully saturated rings. The minimum absolute atomic E-state index is 0.131. The molecule has 0 aliphatic carbocycles. The standard InChI is InChI=1S/C15H16BrF3N2O6.C2H6/c1-14(2,3)27-13(24)21(12(23)26-5)8-6-7(15(17,18)19)10(16)20-9(8)11(22)25-4;1-2/h6H,1-5H3;1-2H3. The lowest BCUT2D eigenvalue weighted by Gasteiger charge is -2.26. The minimum atomic E-state index is -4.90. The van der Waals surface area contributed by atoms with Gasteiger partial charge in [-0.05, 0) is 42.8 Å². The largest absolute Gasteiger partial charge is 0.464 e. The van der Waals surface area contributed by atoms with Crippen molar-refractivity contribution in [2.45, 2.75) is 46.4 Å². The number of carbonyl (C=O) groups is 3. The first-order chi connectivity index (χ1) is 13.2. The number of amides is 2. The van der Waals surface area contributed by atoms with Gasteiger partial charge in [0.15, 0.2) is 5.69 Å². The highest BCUT2D eigenvalue weighted by Crippen LogP contribution is 2.38. The molecule has 0 radical (unpaired) electrons. The molecule has 1 rings (SSSR count). The molecule has 0 spiro atoms. The van der Waals surface area contributed by atoms with Gasteiger partial charge in [-0.15, -0.1) is 0 Å². The van der Waals surface area contributed by atoms with Crippen LogP contribution in [0.5, 0.6) is 0 Å². The number of aromatic nitrogens is 1. The van der Waals surface area contributed by atoms with Crippen LogP contribution in [0.1, 0.15) is 50.7 Å². The van der Waals surface area contributed by atoms with Crippen molar-refractivity contribution >= 4 is 39.8 Å². The molecule has 0 aliphatic rings. The van der Waals surface area contributed by atoms with Crippen LogP contribution in [0, 0.1) is 0 Å². The summed E-state index contributed by atoms with van der Waals surface area (Å²) in [7, 11) is 1.85. The van der Waals surface area contributed by atoms with Gasteiger partial charge < -0.3 is 14.2 Å². The van der Waals surface area contributed by atoms with Crippen molar-refractivity contribution in [3.8, 4) is 0 Å². The maximum Gasteiger partial charge on any atom is 0.424 e. The van der Waals surface area contributed by atoms with Gasteiger partial charge in [0.1, 0.15) is 10.2 Å². The molecule has 1 aromatic rings. The van der Waals surface area contributed by atoms with E-state index in [1.807, 2.05) is 13.8 Å². The first-order valence-corrected chi connectivity index (χ1v) is 8.99. The van der Waals surface area contributed by atoms with Crippen LogP contribution in [0.3, 0.4) is 0 Å². The summed E-state index contributed by atoms with van der Waals surface area (Å²) in [5.74, 6) is -1.18. The number of imide groups is 1. The normalized spacial score (nSPS) is 11.0. The number of anilines is 1. The summed E-state index contributed by atoms with van der Waals surface area (Å²) >= 11 is 2.61. The zero-order chi connectivity index (χ0) is 23.2. The second-order valence-corrected chi connectivity index (χ2v) is 6.72. The number of alkyl halides is 3. The Kier molecular flexibility index (Phi) is 9.57. The molecular formula is C17H22BrF3N2O6. The molecule has 0 aromatic carbocycles. The number of halogens is 4. The molecule has 0 bridgehead atoms. The van der Waals surface area contributed by atoms with Crippen LogP contribution < -0.4 is 4.90 Å². The molecule has 164 valence electrons. The van der Waals surface area contributed by atoms with Crippen LogP contribution >= 0.6 is 15.9 Å². The number of carbonyl (C=O) groups excluding carboxylic acids is 3. The van der Waals surface area contributed by atoms with Crippen molar-refractivity contribution < 1.29 is 41.8 Å². The third-order valence-electron chi connectivity index (χ3n) is 2.81. The van der Waals surface area contributed by atoms with Crippen molar-refractivity contribution in [3.63, 3.8) is 0 Å². The number of hydrogen-bond acceptors (Lipinski definition) is 7. The van der Waals surface area contributed by atoms with E-state index in [1.54, 1.807) is 0 Å². The number of rotatable bonds is 2. The molecule has 8 nitrogen and oxygen atoms in total. The first-order valence-electron chi connectivity index (χ1n) is 8.20. The Morgan fingerprint density at radius 3 is 1.93 bits per heavy atom. The molecule has 0 unspecified atom stereocenters. The zero-order valence-corrected chi connectivity index (χ0v) is 18.5. The minimum Gasteiger partial charge on any atom is -0.464 e. The fourth-order valence-corrected chi connectivity index (χ4v) is 2.28. The summed E-state index contributed by atoms with van der Waals surface area (Å²) in [4.78, 5) is 40.1. The van der Waals surface area contributed by atoms with E-state index >= 15 is 0 Å². The van der Waals surface area contributed by atoms with E-state index < -0.39 is 51.5 Å². The number of pyridine rings is 1. The van der Waals surface area contributed by atoms with Gasteiger partial charge in [0, 0.05) is 0 Å². The van der Waals surface area contributed by atoms with E-state index in [0.29, 0.717) is 6.07 Å². The molecule has 0 saturated heterocycles. The van der Waals surface area contributed by atoms with Crippen LogP contribution in [0.25, 0.3) is 0 Å². The van der Waals surface area contributed by atoms with Crippen LogP contribution in [0.15, 0.2) is 10.7 Å². The number of ether oxygens (including phenoxy) is 3.